The zero-order chi connectivity index (χ0) is 19.4. The van der Waals surface area contributed by atoms with Crippen LogP contribution in [-0.4, -0.2) is 24.3 Å². The van der Waals surface area contributed by atoms with Crippen molar-refractivity contribution in [3.8, 4) is 0 Å². The number of hydrogen-bond acceptors (Lipinski definition) is 3. The highest BCUT2D eigenvalue weighted by Crippen LogP contribution is 2.41. The van der Waals surface area contributed by atoms with Crippen LogP contribution >= 0.6 is 0 Å². The summed E-state index contributed by atoms with van der Waals surface area (Å²) in [6.07, 6.45) is 0.567. The minimum absolute atomic E-state index is 0.00939. The molecule has 0 radical (unpaired) electrons. The third kappa shape index (κ3) is 4.53. The SMILES string of the molecule is CCN(C(=O)C1CC1C(=O)Nc1ccc(NC(C)=O)cc1)c1ccccc1. The van der Waals surface area contributed by atoms with Crippen LogP contribution in [0, 0.1) is 11.8 Å². The van der Waals surface area contributed by atoms with Crippen molar-refractivity contribution >= 4 is 34.8 Å². The highest BCUT2D eigenvalue weighted by Gasteiger charge is 2.49. The third-order valence-electron chi connectivity index (χ3n) is 4.57. The van der Waals surface area contributed by atoms with Gasteiger partial charge >= 0.3 is 0 Å². The fourth-order valence-corrected chi connectivity index (χ4v) is 3.11. The van der Waals surface area contributed by atoms with Crippen LogP contribution in [0.15, 0.2) is 54.6 Å². The van der Waals surface area contributed by atoms with E-state index in [4.69, 9.17) is 0 Å². The molecule has 0 aliphatic heterocycles. The first kappa shape index (κ1) is 18.6. The van der Waals surface area contributed by atoms with Crippen LogP contribution in [0.1, 0.15) is 20.3 Å². The highest BCUT2D eigenvalue weighted by molar-refractivity contribution is 6.04. The highest BCUT2D eigenvalue weighted by atomic mass is 16.2. The van der Waals surface area contributed by atoms with Crippen LogP contribution in [0.5, 0.6) is 0 Å². The van der Waals surface area contributed by atoms with Gasteiger partial charge < -0.3 is 15.5 Å². The third-order valence-corrected chi connectivity index (χ3v) is 4.57. The lowest BCUT2D eigenvalue weighted by molar-refractivity contribution is -0.123. The van der Waals surface area contributed by atoms with Crippen molar-refractivity contribution in [3.63, 3.8) is 0 Å². The quantitative estimate of drug-likeness (QED) is 0.825. The molecule has 6 heteroatoms. The maximum atomic E-state index is 12.8. The van der Waals surface area contributed by atoms with Crippen LogP contribution in [0.3, 0.4) is 0 Å². The minimum atomic E-state index is -0.301. The molecule has 1 aliphatic rings. The van der Waals surface area contributed by atoms with E-state index in [-0.39, 0.29) is 29.6 Å². The zero-order valence-corrected chi connectivity index (χ0v) is 15.4. The summed E-state index contributed by atoms with van der Waals surface area (Å²) in [5.74, 6) is -0.881. The van der Waals surface area contributed by atoms with E-state index in [2.05, 4.69) is 10.6 Å². The van der Waals surface area contributed by atoms with Gasteiger partial charge in [0.15, 0.2) is 0 Å². The molecule has 0 bridgehead atoms. The van der Waals surface area contributed by atoms with Gasteiger partial charge in [0, 0.05) is 30.5 Å². The first-order valence-electron chi connectivity index (χ1n) is 9.04. The summed E-state index contributed by atoms with van der Waals surface area (Å²) in [4.78, 5) is 38.0. The van der Waals surface area contributed by atoms with Crippen molar-refractivity contribution in [1.29, 1.82) is 0 Å². The molecule has 3 amide bonds. The average molecular weight is 365 g/mol. The Hall–Kier alpha value is -3.15. The average Bonchev–Trinajstić information content (AvgIpc) is 3.45. The summed E-state index contributed by atoms with van der Waals surface area (Å²) in [6.45, 7) is 3.94. The number of benzene rings is 2. The summed E-state index contributed by atoms with van der Waals surface area (Å²) in [7, 11) is 0. The minimum Gasteiger partial charge on any atom is -0.326 e. The first-order valence-corrected chi connectivity index (χ1v) is 9.04. The van der Waals surface area contributed by atoms with E-state index in [1.807, 2.05) is 37.3 Å². The standard InChI is InChI=1S/C21H23N3O3/c1-3-24(17-7-5-4-6-8-17)21(27)19-13-18(19)20(26)23-16-11-9-15(10-12-16)22-14(2)25/h4-12,18-19H,3,13H2,1-2H3,(H,22,25)(H,23,26). The van der Waals surface area contributed by atoms with Gasteiger partial charge in [-0.2, -0.15) is 0 Å². The molecule has 2 unspecified atom stereocenters. The smallest absolute Gasteiger partial charge is 0.230 e. The Kier molecular flexibility index (Phi) is 5.54. The van der Waals surface area contributed by atoms with Crippen molar-refractivity contribution in [3.05, 3.63) is 54.6 Å². The molecule has 0 heterocycles. The molecular weight excluding hydrogens is 342 g/mol. The maximum absolute atomic E-state index is 12.8. The molecule has 2 N–H and O–H groups in total. The molecule has 1 aliphatic carbocycles. The Morgan fingerprint density at radius 1 is 0.926 bits per heavy atom. The Morgan fingerprint density at radius 2 is 1.52 bits per heavy atom. The van der Waals surface area contributed by atoms with Crippen LogP contribution in [0.2, 0.25) is 0 Å². The van der Waals surface area contributed by atoms with E-state index in [0.717, 1.165) is 5.69 Å². The van der Waals surface area contributed by atoms with Crippen molar-refractivity contribution in [1.82, 2.24) is 0 Å². The zero-order valence-electron chi connectivity index (χ0n) is 15.4. The first-order chi connectivity index (χ1) is 13.0. The number of rotatable bonds is 6. The number of hydrogen-bond donors (Lipinski definition) is 2. The number of nitrogens with one attached hydrogen (secondary N) is 2. The van der Waals surface area contributed by atoms with Gasteiger partial charge in [0.2, 0.25) is 17.7 Å². The fourth-order valence-electron chi connectivity index (χ4n) is 3.11. The molecule has 2 atom stereocenters. The van der Waals surface area contributed by atoms with Gasteiger partial charge in [0.05, 0.1) is 11.8 Å². The lowest BCUT2D eigenvalue weighted by Gasteiger charge is -2.21. The molecule has 6 nitrogen and oxygen atoms in total. The molecule has 1 fully saturated rings. The summed E-state index contributed by atoms with van der Waals surface area (Å²) in [5.41, 5.74) is 2.16. The van der Waals surface area contributed by atoms with Gasteiger partial charge in [-0.3, -0.25) is 14.4 Å². The van der Waals surface area contributed by atoms with E-state index in [9.17, 15) is 14.4 Å². The van der Waals surface area contributed by atoms with E-state index < -0.39 is 0 Å². The van der Waals surface area contributed by atoms with Gasteiger partial charge in [-0.1, -0.05) is 18.2 Å². The van der Waals surface area contributed by atoms with Crippen molar-refractivity contribution in [2.75, 3.05) is 22.1 Å². The van der Waals surface area contributed by atoms with Crippen molar-refractivity contribution < 1.29 is 14.4 Å². The molecule has 0 saturated heterocycles. The Bertz CT molecular complexity index is 834. The molecule has 140 valence electrons. The predicted molar refractivity (Wildman–Crippen MR) is 105 cm³/mol. The van der Waals surface area contributed by atoms with Crippen LogP contribution in [0.25, 0.3) is 0 Å². The largest absolute Gasteiger partial charge is 0.326 e. The summed E-state index contributed by atoms with van der Waals surface area (Å²) in [6, 6.07) is 16.4. The molecule has 2 aromatic rings. The second-order valence-electron chi connectivity index (χ2n) is 6.61. The number of para-hydroxylation sites is 1. The van der Waals surface area contributed by atoms with Gasteiger partial charge in [0.25, 0.3) is 0 Å². The van der Waals surface area contributed by atoms with Crippen LogP contribution < -0.4 is 15.5 Å². The second-order valence-corrected chi connectivity index (χ2v) is 6.61. The van der Waals surface area contributed by atoms with E-state index in [1.165, 1.54) is 6.92 Å². The predicted octanol–water partition coefficient (Wildman–Crippen LogP) is 3.27. The van der Waals surface area contributed by atoms with E-state index in [0.29, 0.717) is 24.3 Å². The van der Waals surface area contributed by atoms with Crippen molar-refractivity contribution in [2.45, 2.75) is 20.3 Å². The topological polar surface area (TPSA) is 78.5 Å². The van der Waals surface area contributed by atoms with Gasteiger partial charge in [-0.05, 0) is 49.7 Å². The Labute approximate surface area is 158 Å². The molecule has 2 aromatic carbocycles. The normalized spacial score (nSPS) is 17.7. The van der Waals surface area contributed by atoms with Gasteiger partial charge in [0.1, 0.15) is 0 Å². The molecule has 27 heavy (non-hydrogen) atoms. The van der Waals surface area contributed by atoms with Crippen LogP contribution in [0.4, 0.5) is 17.1 Å². The Morgan fingerprint density at radius 3 is 2.07 bits per heavy atom. The number of nitrogens with zero attached hydrogens (tertiary/aromatic N) is 1. The molecule has 1 saturated carbocycles. The van der Waals surface area contributed by atoms with E-state index in [1.54, 1.807) is 29.2 Å². The Balaban J connectivity index is 1.58. The monoisotopic (exact) mass is 365 g/mol. The number of anilines is 3. The molecule has 0 spiro atoms. The fraction of sp³-hybridized carbons (Fsp3) is 0.286. The van der Waals surface area contributed by atoms with Crippen LogP contribution in [-0.2, 0) is 14.4 Å². The summed E-state index contributed by atoms with van der Waals surface area (Å²) < 4.78 is 0. The summed E-state index contributed by atoms with van der Waals surface area (Å²) in [5, 5.41) is 5.52. The number of carbonyl (C=O) groups excluding carboxylic acids is 3. The van der Waals surface area contributed by atoms with E-state index >= 15 is 0 Å². The lowest BCUT2D eigenvalue weighted by atomic mass is 10.2. The maximum Gasteiger partial charge on any atom is 0.230 e. The number of amides is 3. The molecular formula is C21H23N3O3. The molecule has 0 aromatic heterocycles. The van der Waals surface area contributed by atoms with Crippen molar-refractivity contribution in [2.24, 2.45) is 11.8 Å². The van der Waals surface area contributed by atoms with Gasteiger partial charge in [-0.25, -0.2) is 0 Å². The number of carbonyl (C=O) groups is 3. The summed E-state index contributed by atoms with van der Waals surface area (Å²) >= 11 is 0. The second kappa shape index (κ2) is 8.03. The van der Waals surface area contributed by atoms with Gasteiger partial charge in [-0.15, -0.1) is 0 Å². The molecule has 3 rings (SSSR count). The lowest BCUT2D eigenvalue weighted by Crippen LogP contribution is -2.33.